The molecular weight excluding hydrogens is 241 g/mol. The Kier molecular flexibility index (Phi) is 6.00. The summed E-state index contributed by atoms with van der Waals surface area (Å²) in [6, 6.07) is 5.47. The molecule has 5 heteroatoms. The van der Waals surface area contributed by atoms with E-state index in [0.29, 0.717) is 12.0 Å². The molecule has 0 aromatic heterocycles. The number of hydrogen-bond acceptors (Lipinski definition) is 3. The Bertz CT molecular complexity index is 367. The van der Waals surface area contributed by atoms with E-state index >= 15 is 0 Å². The molecule has 0 saturated carbocycles. The number of carbonyl (C=O) groups excluding carboxylic acids is 1. The number of halogens is 1. The molecule has 0 spiro atoms. The van der Waals surface area contributed by atoms with Gasteiger partial charge in [-0.3, -0.25) is 4.79 Å². The van der Waals surface area contributed by atoms with Crippen molar-refractivity contribution in [1.29, 1.82) is 0 Å². The van der Waals surface area contributed by atoms with Crippen molar-refractivity contribution in [3.8, 4) is 0 Å². The third-order valence-electron chi connectivity index (χ3n) is 2.27. The molecule has 2 N–H and O–H groups in total. The molecule has 1 aromatic carbocycles. The van der Waals surface area contributed by atoms with E-state index in [-0.39, 0.29) is 18.6 Å². The maximum absolute atomic E-state index is 12.9. The first-order chi connectivity index (χ1) is 8.17. The predicted octanol–water partition coefficient (Wildman–Crippen LogP) is 1.67. The highest BCUT2D eigenvalue weighted by molar-refractivity contribution is 7.98. The van der Waals surface area contributed by atoms with Crippen molar-refractivity contribution in [2.24, 2.45) is 0 Å². The number of rotatable bonds is 6. The van der Waals surface area contributed by atoms with Gasteiger partial charge in [0.25, 0.3) is 5.91 Å². The summed E-state index contributed by atoms with van der Waals surface area (Å²) in [4.78, 5) is 11.8. The van der Waals surface area contributed by atoms with Gasteiger partial charge in [-0.05, 0) is 30.9 Å². The molecule has 1 atom stereocenters. The van der Waals surface area contributed by atoms with Crippen LogP contribution in [-0.4, -0.2) is 35.7 Å². The summed E-state index contributed by atoms with van der Waals surface area (Å²) in [7, 11) is 0. The number of nitrogens with one attached hydrogen (secondary N) is 1. The van der Waals surface area contributed by atoms with Crippen LogP contribution in [-0.2, 0) is 0 Å². The van der Waals surface area contributed by atoms with Crippen LogP contribution < -0.4 is 5.32 Å². The summed E-state index contributed by atoms with van der Waals surface area (Å²) in [5, 5.41) is 11.6. The molecule has 0 bridgehead atoms. The van der Waals surface area contributed by atoms with E-state index in [1.807, 2.05) is 6.26 Å². The standard InChI is InChI=1S/C12H16FNO2S/c1-17-8-11(5-6-15)14-12(16)9-3-2-4-10(13)7-9/h2-4,7,11,15H,5-6,8H2,1H3,(H,14,16). The molecule has 1 amide bonds. The summed E-state index contributed by atoms with van der Waals surface area (Å²) in [5.74, 6) is -0.0139. The third kappa shape index (κ3) is 4.75. The lowest BCUT2D eigenvalue weighted by molar-refractivity contribution is 0.0935. The van der Waals surface area contributed by atoms with E-state index in [4.69, 9.17) is 5.11 Å². The van der Waals surface area contributed by atoms with Gasteiger partial charge < -0.3 is 10.4 Å². The number of carbonyl (C=O) groups is 1. The van der Waals surface area contributed by atoms with Crippen LogP contribution in [0.15, 0.2) is 24.3 Å². The number of aliphatic hydroxyl groups is 1. The molecule has 0 aliphatic carbocycles. The van der Waals surface area contributed by atoms with Gasteiger partial charge in [-0.15, -0.1) is 0 Å². The second kappa shape index (κ2) is 7.29. The molecule has 17 heavy (non-hydrogen) atoms. The van der Waals surface area contributed by atoms with Crippen molar-refractivity contribution in [1.82, 2.24) is 5.32 Å². The Morgan fingerprint density at radius 2 is 2.35 bits per heavy atom. The monoisotopic (exact) mass is 257 g/mol. The van der Waals surface area contributed by atoms with Gasteiger partial charge in [0.2, 0.25) is 0 Å². The van der Waals surface area contributed by atoms with E-state index < -0.39 is 5.82 Å². The molecule has 1 unspecified atom stereocenters. The molecule has 0 heterocycles. The fourth-order valence-electron chi connectivity index (χ4n) is 1.45. The molecule has 0 aliphatic heterocycles. The Labute approximate surface area is 104 Å². The van der Waals surface area contributed by atoms with Crippen molar-refractivity contribution in [3.05, 3.63) is 35.6 Å². The molecule has 1 rings (SSSR count). The topological polar surface area (TPSA) is 49.3 Å². The number of thioether (sulfide) groups is 1. The minimum Gasteiger partial charge on any atom is -0.396 e. The lowest BCUT2D eigenvalue weighted by Crippen LogP contribution is -2.37. The van der Waals surface area contributed by atoms with Gasteiger partial charge in [0.05, 0.1) is 0 Å². The predicted molar refractivity (Wildman–Crippen MR) is 67.7 cm³/mol. The SMILES string of the molecule is CSCC(CCO)NC(=O)c1cccc(F)c1. The van der Waals surface area contributed by atoms with Crippen LogP contribution in [0.2, 0.25) is 0 Å². The van der Waals surface area contributed by atoms with E-state index in [9.17, 15) is 9.18 Å². The largest absolute Gasteiger partial charge is 0.396 e. The molecule has 0 saturated heterocycles. The first-order valence-corrected chi connectivity index (χ1v) is 6.73. The van der Waals surface area contributed by atoms with E-state index in [0.717, 1.165) is 5.75 Å². The molecule has 0 radical (unpaired) electrons. The Hall–Kier alpha value is -1.07. The van der Waals surface area contributed by atoms with Crippen molar-refractivity contribution >= 4 is 17.7 Å². The van der Waals surface area contributed by atoms with Crippen LogP contribution in [0.4, 0.5) is 4.39 Å². The maximum atomic E-state index is 12.9. The summed E-state index contributed by atoms with van der Waals surface area (Å²) in [5.41, 5.74) is 0.300. The average Bonchev–Trinajstić information content (AvgIpc) is 2.29. The van der Waals surface area contributed by atoms with E-state index in [1.54, 1.807) is 17.8 Å². The summed E-state index contributed by atoms with van der Waals surface area (Å²) < 4.78 is 12.9. The zero-order valence-corrected chi connectivity index (χ0v) is 10.5. The fourth-order valence-corrected chi connectivity index (χ4v) is 2.11. The van der Waals surface area contributed by atoms with Crippen LogP contribution in [0.1, 0.15) is 16.8 Å². The zero-order valence-electron chi connectivity index (χ0n) is 9.65. The van der Waals surface area contributed by atoms with E-state index in [2.05, 4.69) is 5.32 Å². The Morgan fingerprint density at radius 3 is 2.94 bits per heavy atom. The van der Waals surface area contributed by atoms with Gasteiger partial charge >= 0.3 is 0 Å². The normalized spacial score (nSPS) is 12.2. The van der Waals surface area contributed by atoms with Crippen molar-refractivity contribution in [3.63, 3.8) is 0 Å². The van der Waals surface area contributed by atoms with E-state index in [1.165, 1.54) is 18.2 Å². The Balaban J connectivity index is 2.63. The quantitative estimate of drug-likeness (QED) is 0.815. The molecule has 0 aliphatic rings. The lowest BCUT2D eigenvalue weighted by atomic mass is 10.2. The highest BCUT2D eigenvalue weighted by atomic mass is 32.2. The molecule has 0 fully saturated rings. The number of hydrogen-bond donors (Lipinski definition) is 2. The van der Waals surface area contributed by atoms with Gasteiger partial charge in [-0.2, -0.15) is 11.8 Å². The van der Waals surface area contributed by atoms with Crippen molar-refractivity contribution in [2.75, 3.05) is 18.6 Å². The molecular formula is C12H16FNO2S. The van der Waals surface area contributed by atoms with Gasteiger partial charge in [-0.25, -0.2) is 4.39 Å². The van der Waals surface area contributed by atoms with Crippen LogP contribution >= 0.6 is 11.8 Å². The molecule has 94 valence electrons. The highest BCUT2D eigenvalue weighted by Crippen LogP contribution is 2.06. The second-order valence-electron chi connectivity index (χ2n) is 3.65. The zero-order chi connectivity index (χ0) is 12.7. The summed E-state index contributed by atoms with van der Waals surface area (Å²) >= 11 is 1.59. The number of aliphatic hydroxyl groups excluding tert-OH is 1. The van der Waals surface area contributed by atoms with Gasteiger partial charge in [-0.1, -0.05) is 6.07 Å². The van der Waals surface area contributed by atoms with Gasteiger partial charge in [0, 0.05) is 24.0 Å². The van der Waals surface area contributed by atoms with Gasteiger partial charge in [0.1, 0.15) is 5.82 Å². The second-order valence-corrected chi connectivity index (χ2v) is 4.56. The van der Waals surface area contributed by atoms with Crippen LogP contribution in [0.25, 0.3) is 0 Å². The average molecular weight is 257 g/mol. The van der Waals surface area contributed by atoms with Crippen molar-refractivity contribution < 1.29 is 14.3 Å². The number of amides is 1. The minimum absolute atomic E-state index is 0.0225. The Morgan fingerprint density at radius 1 is 1.59 bits per heavy atom. The lowest BCUT2D eigenvalue weighted by Gasteiger charge is -2.16. The van der Waals surface area contributed by atoms with Crippen LogP contribution in [0.5, 0.6) is 0 Å². The minimum atomic E-state index is -0.429. The number of benzene rings is 1. The highest BCUT2D eigenvalue weighted by Gasteiger charge is 2.13. The maximum Gasteiger partial charge on any atom is 0.251 e. The molecule has 1 aromatic rings. The fraction of sp³-hybridized carbons (Fsp3) is 0.417. The summed E-state index contributed by atoms with van der Waals surface area (Å²) in [6.07, 6.45) is 2.43. The van der Waals surface area contributed by atoms with Crippen molar-refractivity contribution in [2.45, 2.75) is 12.5 Å². The first kappa shape index (κ1) is 14.0. The van der Waals surface area contributed by atoms with Crippen LogP contribution in [0.3, 0.4) is 0 Å². The first-order valence-electron chi connectivity index (χ1n) is 5.33. The molecule has 3 nitrogen and oxygen atoms in total. The summed E-state index contributed by atoms with van der Waals surface area (Å²) in [6.45, 7) is 0.0225. The smallest absolute Gasteiger partial charge is 0.251 e. The van der Waals surface area contributed by atoms with Gasteiger partial charge in [0.15, 0.2) is 0 Å². The van der Waals surface area contributed by atoms with Crippen LogP contribution in [0, 0.1) is 5.82 Å². The third-order valence-corrected chi connectivity index (χ3v) is 3.00.